The number of halogens is 2. The van der Waals surface area contributed by atoms with Crippen LogP contribution < -0.4 is 5.32 Å². The van der Waals surface area contributed by atoms with Crippen molar-refractivity contribution < 1.29 is 0 Å². The molecule has 0 saturated heterocycles. The van der Waals surface area contributed by atoms with Crippen LogP contribution in [-0.4, -0.2) is 4.98 Å². The Morgan fingerprint density at radius 1 is 1.26 bits per heavy atom. The molecule has 5 heteroatoms. The molecule has 2 aromatic rings. The summed E-state index contributed by atoms with van der Waals surface area (Å²) in [5, 5.41) is 12.5. The summed E-state index contributed by atoms with van der Waals surface area (Å²) in [4.78, 5) is 4.28. The minimum atomic E-state index is -0.495. The predicted molar refractivity (Wildman–Crippen MR) is 82.8 cm³/mol. The predicted octanol–water partition coefficient (Wildman–Crippen LogP) is 4.59. The summed E-state index contributed by atoms with van der Waals surface area (Å²) in [6, 6.07) is 11.5. The molecule has 1 heterocycles. The maximum Gasteiger partial charge on any atom is 0.158 e. The highest BCUT2D eigenvalue weighted by Crippen LogP contribution is 2.26. The molecule has 1 unspecified atom stereocenters. The van der Waals surface area contributed by atoms with E-state index in [2.05, 4.69) is 48.2 Å². The third-order valence-corrected chi connectivity index (χ3v) is 3.67. The Hall–Kier alpha value is -1.38. The van der Waals surface area contributed by atoms with E-state index in [0.29, 0.717) is 5.69 Å². The van der Waals surface area contributed by atoms with E-state index < -0.39 is 6.04 Å². The van der Waals surface area contributed by atoms with E-state index in [4.69, 9.17) is 0 Å². The molecule has 0 bridgehead atoms. The van der Waals surface area contributed by atoms with Gasteiger partial charge in [0.25, 0.3) is 0 Å². The first-order chi connectivity index (χ1) is 9.10. The average Bonchev–Trinajstić information content (AvgIpc) is 2.39. The maximum absolute atomic E-state index is 9.30. The van der Waals surface area contributed by atoms with Crippen molar-refractivity contribution in [1.82, 2.24) is 4.98 Å². The molecule has 0 aliphatic carbocycles. The van der Waals surface area contributed by atoms with Gasteiger partial charge in [0.1, 0.15) is 0 Å². The molecule has 96 valence electrons. The van der Waals surface area contributed by atoms with E-state index in [1.807, 2.05) is 37.3 Å². The average molecular weight is 381 g/mol. The summed E-state index contributed by atoms with van der Waals surface area (Å²) in [5.74, 6) is 0. The Labute approximate surface area is 128 Å². The van der Waals surface area contributed by atoms with Gasteiger partial charge in [-0.3, -0.25) is 4.98 Å². The van der Waals surface area contributed by atoms with Crippen molar-refractivity contribution in [2.75, 3.05) is 5.32 Å². The first kappa shape index (κ1) is 14.0. The van der Waals surface area contributed by atoms with Crippen molar-refractivity contribution >= 4 is 37.5 Å². The molecule has 0 spiro atoms. The number of hydrogen-bond acceptors (Lipinski definition) is 3. The second kappa shape index (κ2) is 6.18. The molecule has 19 heavy (non-hydrogen) atoms. The molecular weight excluding hydrogens is 370 g/mol. The molecule has 0 fully saturated rings. The number of benzene rings is 1. The van der Waals surface area contributed by atoms with Crippen LogP contribution in [-0.2, 0) is 0 Å². The third kappa shape index (κ3) is 3.55. The van der Waals surface area contributed by atoms with Gasteiger partial charge in [-0.2, -0.15) is 5.26 Å². The zero-order valence-electron chi connectivity index (χ0n) is 10.2. The Morgan fingerprint density at radius 3 is 2.53 bits per heavy atom. The summed E-state index contributed by atoms with van der Waals surface area (Å²) in [6.45, 7) is 2.03. The molecule has 0 amide bonds. The summed E-state index contributed by atoms with van der Waals surface area (Å²) in [5.41, 5.74) is 2.75. The van der Waals surface area contributed by atoms with Gasteiger partial charge < -0.3 is 5.32 Å². The van der Waals surface area contributed by atoms with Gasteiger partial charge in [-0.15, -0.1) is 0 Å². The smallest absolute Gasteiger partial charge is 0.158 e. The number of anilines is 1. The molecule has 0 radical (unpaired) electrons. The number of pyridine rings is 1. The van der Waals surface area contributed by atoms with E-state index in [0.717, 1.165) is 14.6 Å². The summed E-state index contributed by atoms with van der Waals surface area (Å²) < 4.78 is 1.67. The zero-order valence-corrected chi connectivity index (χ0v) is 13.4. The zero-order chi connectivity index (χ0) is 13.8. The molecule has 1 N–H and O–H groups in total. The first-order valence-electron chi connectivity index (χ1n) is 5.64. The van der Waals surface area contributed by atoms with Crippen LogP contribution in [0, 0.1) is 18.3 Å². The summed E-state index contributed by atoms with van der Waals surface area (Å²) in [7, 11) is 0. The lowest BCUT2D eigenvalue weighted by Gasteiger charge is -2.14. The molecule has 1 atom stereocenters. The fraction of sp³-hybridized carbons (Fsp3) is 0.143. The highest BCUT2D eigenvalue weighted by Gasteiger charge is 2.15. The fourth-order valence-electron chi connectivity index (χ4n) is 1.62. The van der Waals surface area contributed by atoms with Gasteiger partial charge >= 0.3 is 0 Å². The highest BCUT2D eigenvalue weighted by atomic mass is 79.9. The van der Waals surface area contributed by atoms with Gasteiger partial charge in [-0.05, 0) is 57.0 Å². The lowest BCUT2D eigenvalue weighted by molar-refractivity contribution is 0.922. The molecule has 0 aliphatic heterocycles. The highest BCUT2D eigenvalue weighted by molar-refractivity contribution is 9.11. The number of aromatic nitrogens is 1. The molecule has 1 aromatic heterocycles. The third-order valence-electron chi connectivity index (χ3n) is 2.60. The van der Waals surface area contributed by atoms with Crippen LogP contribution in [0.1, 0.15) is 17.3 Å². The van der Waals surface area contributed by atoms with Crippen molar-refractivity contribution in [3.63, 3.8) is 0 Å². The van der Waals surface area contributed by atoms with Gasteiger partial charge in [-0.25, -0.2) is 0 Å². The maximum atomic E-state index is 9.30. The molecule has 3 nitrogen and oxygen atoms in total. The monoisotopic (exact) mass is 379 g/mol. The van der Waals surface area contributed by atoms with Crippen molar-refractivity contribution in [2.24, 2.45) is 0 Å². The van der Waals surface area contributed by atoms with Crippen LogP contribution in [0.4, 0.5) is 5.69 Å². The van der Waals surface area contributed by atoms with Crippen LogP contribution in [0.5, 0.6) is 0 Å². The van der Waals surface area contributed by atoms with Crippen molar-refractivity contribution in [2.45, 2.75) is 13.0 Å². The Bertz CT molecular complexity index is 618. The molecule has 1 aromatic carbocycles. The van der Waals surface area contributed by atoms with Crippen LogP contribution in [0.15, 0.2) is 45.5 Å². The molecule has 0 saturated carbocycles. The standard InChI is InChI=1S/C14H11Br2N3/c1-9-2-4-11(5-3-9)19-13(7-17)14-12(16)6-10(15)8-18-14/h2-6,8,13,19H,1H3. The molecule has 2 rings (SSSR count). The lowest BCUT2D eigenvalue weighted by Crippen LogP contribution is -2.11. The fourth-order valence-corrected chi connectivity index (χ4v) is 2.83. The van der Waals surface area contributed by atoms with E-state index in [1.54, 1.807) is 6.20 Å². The second-order valence-corrected chi connectivity index (χ2v) is 5.86. The van der Waals surface area contributed by atoms with Crippen LogP contribution in [0.25, 0.3) is 0 Å². The van der Waals surface area contributed by atoms with Gasteiger partial charge in [0.05, 0.1) is 11.8 Å². The van der Waals surface area contributed by atoms with Crippen molar-refractivity contribution in [3.8, 4) is 6.07 Å². The lowest BCUT2D eigenvalue weighted by atomic mass is 10.1. The Morgan fingerprint density at radius 2 is 1.95 bits per heavy atom. The summed E-state index contributed by atoms with van der Waals surface area (Å²) >= 11 is 6.78. The van der Waals surface area contributed by atoms with Gasteiger partial charge in [0.2, 0.25) is 0 Å². The molecule has 0 aliphatic rings. The number of nitrogens with one attached hydrogen (secondary N) is 1. The van der Waals surface area contributed by atoms with Gasteiger partial charge in [0, 0.05) is 20.8 Å². The minimum absolute atomic E-state index is 0.495. The number of nitrogens with zero attached hydrogens (tertiary/aromatic N) is 2. The van der Waals surface area contributed by atoms with Crippen LogP contribution in [0.2, 0.25) is 0 Å². The number of rotatable bonds is 3. The quantitative estimate of drug-likeness (QED) is 0.846. The van der Waals surface area contributed by atoms with Gasteiger partial charge in [0.15, 0.2) is 6.04 Å². The van der Waals surface area contributed by atoms with Crippen LogP contribution >= 0.6 is 31.9 Å². The first-order valence-corrected chi connectivity index (χ1v) is 7.22. The van der Waals surface area contributed by atoms with E-state index in [9.17, 15) is 5.26 Å². The summed E-state index contributed by atoms with van der Waals surface area (Å²) in [6.07, 6.45) is 1.68. The van der Waals surface area contributed by atoms with Crippen molar-refractivity contribution in [1.29, 1.82) is 5.26 Å². The van der Waals surface area contributed by atoms with Crippen molar-refractivity contribution in [3.05, 3.63) is 56.7 Å². The largest absolute Gasteiger partial charge is 0.365 e. The topological polar surface area (TPSA) is 48.7 Å². The minimum Gasteiger partial charge on any atom is -0.365 e. The number of aryl methyl sites for hydroxylation is 1. The van der Waals surface area contributed by atoms with E-state index in [-0.39, 0.29) is 0 Å². The Kier molecular flexibility index (Phi) is 4.56. The van der Waals surface area contributed by atoms with Crippen LogP contribution in [0.3, 0.4) is 0 Å². The van der Waals surface area contributed by atoms with E-state index >= 15 is 0 Å². The molecular formula is C14H11Br2N3. The van der Waals surface area contributed by atoms with E-state index in [1.165, 1.54) is 5.56 Å². The van der Waals surface area contributed by atoms with Gasteiger partial charge in [-0.1, -0.05) is 17.7 Å². The second-order valence-electron chi connectivity index (χ2n) is 4.09. The number of hydrogen-bond donors (Lipinski definition) is 1. The normalized spacial score (nSPS) is 11.7. The Balaban J connectivity index is 2.25. The number of nitriles is 1. The SMILES string of the molecule is Cc1ccc(NC(C#N)c2ncc(Br)cc2Br)cc1.